The Morgan fingerprint density at radius 1 is 1.30 bits per heavy atom. The summed E-state index contributed by atoms with van der Waals surface area (Å²) in [6.45, 7) is 3.70. The van der Waals surface area contributed by atoms with E-state index in [9.17, 15) is 18.8 Å². The minimum absolute atomic E-state index is 0.000116. The third-order valence-electron chi connectivity index (χ3n) is 7.18. The van der Waals surface area contributed by atoms with Crippen LogP contribution in [0.25, 0.3) is 10.9 Å². The second-order valence-electron chi connectivity index (χ2n) is 10.2. The molecule has 3 atom stereocenters. The number of carbonyl (C=O) groups is 3. The molecule has 0 bridgehead atoms. The van der Waals surface area contributed by atoms with E-state index in [0.29, 0.717) is 22.9 Å². The van der Waals surface area contributed by atoms with Gasteiger partial charge in [0.2, 0.25) is 11.8 Å². The molecule has 37 heavy (non-hydrogen) atoms. The molecule has 0 radical (unpaired) electrons. The lowest BCUT2D eigenvalue weighted by Crippen LogP contribution is -2.47. The molecule has 2 fully saturated rings. The second kappa shape index (κ2) is 9.25. The smallest absolute Gasteiger partial charge is 0.248 e. The largest absolute Gasteiger partial charge is 0.325 e. The standard InChI is InChI=1S/C25H27BrFN7O3/c1-13-7-16(27)22(26)29-23(13)30-24(37)17-8-25(12-32(3)4)9-19(25)34(17)20(36)11-33-18-10-28-6-5-15(18)21(31-33)14(2)35/h5-7,10,17,19H,8-9,11-12H2,1-4H3,(H,29,30,37)/t17-,19+,25-/m0/s1. The number of amides is 2. The Bertz CT molecular complexity index is 1440. The lowest BCUT2D eigenvalue weighted by Gasteiger charge is -2.27. The van der Waals surface area contributed by atoms with E-state index in [4.69, 9.17) is 0 Å². The molecule has 0 aromatic carbocycles. The third-order valence-corrected chi connectivity index (χ3v) is 7.73. The van der Waals surface area contributed by atoms with E-state index in [1.165, 1.54) is 17.7 Å². The van der Waals surface area contributed by atoms with Crippen LogP contribution in [0.5, 0.6) is 0 Å². The number of nitrogens with one attached hydrogen (secondary N) is 1. The van der Waals surface area contributed by atoms with E-state index in [-0.39, 0.29) is 51.7 Å². The molecule has 1 aliphatic carbocycles. The minimum Gasteiger partial charge on any atom is -0.325 e. The summed E-state index contributed by atoms with van der Waals surface area (Å²) in [7, 11) is 3.94. The summed E-state index contributed by atoms with van der Waals surface area (Å²) in [6, 6.07) is 2.19. The summed E-state index contributed by atoms with van der Waals surface area (Å²) >= 11 is 3.06. The summed E-state index contributed by atoms with van der Waals surface area (Å²) < 4.78 is 15.3. The van der Waals surface area contributed by atoms with Crippen molar-refractivity contribution in [3.05, 3.63) is 46.2 Å². The summed E-state index contributed by atoms with van der Waals surface area (Å²) in [5.41, 5.74) is 1.15. The van der Waals surface area contributed by atoms with Gasteiger partial charge in [-0.3, -0.25) is 24.0 Å². The monoisotopic (exact) mass is 571 g/mol. The highest BCUT2D eigenvalue weighted by atomic mass is 79.9. The highest BCUT2D eigenvalue weighted by Gasteiger charge is 2.67. The van der Waals surface area contributed by atoms with Crippen molar-refractivity contribution in [3.63, 3.8) is 0 Å². The second-order valence-corrected chi connectivity index (χ2v) is 11.0. The normalized spacial score (nSPS) is 22.4. The van der Waals surface area contributed by atoms with Crippen LogP contribution in [0.3, 0.4) is 0 Å². The Morgan fingerprint density at radius 3 is 2.76 bits per heavy atom. The maximum atomic E-state index is 13.9. The zero-order chi connectivity index (χ0) is 26.6. The lowest BCUT2D eigenvalue weighted by atomic mass is 9.98. The number of anilines is 1. The summed E-state index contributed by atoms with van der Waals surface area (Å²) in [4.78, 5) is 51.3. The van der Waals surface area contributed by atoms with Gasteiger partial charge < -0.3 is 15.1 Å². The first-order chi connectivity index (χ1) is 17.5. The van der Waals surface area contributed by atoms with Gasteiger partial charge in [-0.15, -0.1) is 0 Å². The van der Waals surface area contributed by atoms with Crippen LogP contribution in [0.2, 0.25) is 0 Å². The molecule has 3 aromatic heterocycles. The van der Waals surface area contributed by atoms with Gasteiger partial charge in [0.05, 0.1) is 11.7 Å². The number of aromatic nitrogens is 4. The highest BCUT2D eigenvalue weighted by molar-refractivity contribution is 9.10. The van der Waals surface area contributed by atoms with Crippen molar-refractivity contribution < 1.29 is 18.8 Å². The Balaban J connectivity index is 1.44. The predicted octanol–water partition coefficient (Wildman–Crippen LogP) is 2.80. The molecule has 10 nitrogen and oxygen atoms in total. The van der Waals surface area contributed by atoms with Gasteiger partial charge in [0.1, 0.15) is 28.7 Å². The van der Waals surface area contributed by atoms with Crippen molar-refractivity contribution in [2.75, 3.05) is 26.0 Å². The number of piperidine rings is 1. The van der Waals surface area contributed by atoms with Gasteiger partial charge in [0.25, 0.3) is 0 Å². The van der Waals surface area contributed by atoms with Crippen molar-refractivity contribution in [1.29, 1.82) is 0 Å². The number of nitrogens with zero attached hydrogens (tertiary/aromatic N) is 6. The number of carbonyl (C=O) groups excluding carboxylic acids is 3. The number of hydrogen-bond donors (Lipinski definition) is 1. The molecule has 12 heteroatoms. The molecule has 4 heterocycles. The van der Waals surface area contributed by atoms with Gasteiger partial charge in [0.15, 0.2) is 11.6 Å². The molecule has 1 saturated heterocycles. The van der Waals surface area contributed by atoms with Crippen molar-refractivity contribution in [2.45, 2.75) is 45.3 Å². The molecule has 1 saturated carbocycles. The van der Waals surface area contributed by atoms with E-state index in [0.717, 1.165) is 13.0 Å². The van der Waals surface area contributed by atoms with Crippen LogP contribution in [0, 0.1) is 18.2 Å². The Labute approximate surface area is 221 Å². The van der Waals surface area contributed by atoms with E-state index < -0.39 is 11.9 Å². The molecular formula is C25H27BrFN7O3. The first-order valence-corrected chi connectivity index (χ1v) is 12.7. The molecule has 1 aliphatic heterocycles. The minimum atomic E-state index is -0.719. The Hall–Kier alpha value is -3.25. The number of pyridine rings is 2. The maximum absolute atomic E-state index is 13.9. The van der Waals surface area contributed by atoms with Crippen molar-refractivity contribution >= 4 is 50.2 Å². The number of Topliss-reactive ketones (excluding diaryl/α,β-unsaturated/α-hetero) is 1. The van der Waals surface area contributed by atoms with Gasteiger partial charge >= 0.3 is 0 Å². The van der Waals surface area contributed by atoms with Gasteiger partial charge in [-0.05, 0) is 67.5 Å². The zero-order valence-corrected chi connectivity index (χ0v) is 22.5. The number of rotatable bonds is 7. The maximum Gasteiger partial charge on any atom is 0.248 e. The SMILES string of the molecule is CC(=O)c1nn(CC(=O)N2[C@H](C(=O)Nc3nc(Br)c(F)cc3C)C[C@@]3(CN(C)C)C[C@@H]23)c2cnccc12. The van der Waals surface area contributed by atoms with Gasteiger partial charge in [-0.1, -0.05) is 0 Å². The molecule has 194 valence electrons. The van der Waals surface area contributed by atoms with Gasteiger partial charge in [-0.25, -0.2) is 9.37 Å². The fraction of sp³-hybridized carbons (Fsp3) is 0.440. The van der Waals surface area contributed by atoms with Crippen LogP contribution in [0.15, 0.2) is 29.1 Å². The zero-order valence-electron chi connectivity index (χ0n) is 21.0. The number of hydrogen-bond acceptors (Lipinski definition) is 7. The Morgan fingerprint density at radius 2 is 2.05 bits per heavy atom. The number of likely N-dealkylation sites (tertiary alicyclic amines) is 1. The van der Waals surface area contributed by atoms with Crippen LogP contribution >= 0.6 is 15.9 Å². The molecule has 0 unspecified atom stereocenters. The average Bonchev–Trinajstić information content (AvgIpc) is 3.22. The van der Waals surface area contributed by atoms with Crippen molar-refractivity contribution in [2.24, 2.45) is 5.41 Å². The molecular weight excluding hydrogens is 545 g/mol. The predicted molar refractivity (Wildman–Crippen MR) is 137 cm³/mol. The van der Waals surface area contributed by atoms with Crippen LogP contribution in [0.1, 0.15) is 35.8 Å². The third kappa shape index (κ3) is 4.52. The fourth-order valence-electron chi connectivity index (χ4n) is 5.57. The summed E-state index contributed by atoms with van der Waals surface area (Å²) in [6.07, 6.45) is 4.47. The fourth-order valence-corrected chi connectivity index (χ4v) is 5.86. The van der Waals surface area contributed by atoms with Gasteiger partial charge in [0, 0.05) is 36.5 Å². The summed E-state index contributed by atoms with van der Waals surface area (Å²) in [5.74, 6) is -1.13. The lowest BCUT2D eigenvalue weighted by molar-refractivity contribution is -0.138. The highest BCUT2D eigenvalue weighted by Crippen LogP contribution is 2.60. The molecule has 2 aliphatic rings. The van der Waals surface area contributed by atoms with Crippen LogP contribution in [-0.2, 0) is 16.1 Å². The van der Waals surface area contributed by atoms with Crippen molar-refractivity contribution in [1.82, 2.24) is 29.5 Å². The number of halogens is 2. The van der Waals surface area contributed by atoms with Crippen molar-refractivity contribution in [3.8, 4) is 0 Å². The van der Waals surface area contributed by atoms with E-state index >= 15 is 0 Å². The molecule has 3 aromatic rings. The number of ketones is 1. The first kappa shape index (κ1) is 25.4. The quantitative estimate of drug-likeness (QED) is 0.342. The topological polar surface area (TPSA) is 113 Å². The average molecular weight is 572 g/mol. The molecule has 2 amide bonds. The van der Waals surface area contributed by atoms with Gasteiger partial charge in [-0.2, -0.15) is 5.10 Å². The number of fused-ring (bicyclic) bond motifs is 2. The molecule has 5 rings (SSSR count). The van der Waals surface area contributed by atoms with Crippen LogP contribution in [-0.4, -0.2) is 79.9 Å². The van der Waals surface area contributed by atoms with Crippen LogP contribution < -0.4 is 5.32 Å². The molecule has 0 spiro atoms. The van der Waals surface area contributed by atoms with Crippen LogP contribution in [0.4, 0.5) is 10.2 Å². The summed E-state index contributed by atoms with van der Waals surface area (Å²) in [5, 5.41) is 7.82. The van der Waals surface area contributed by atoms with E-state index in [1.54, 1.807) is 30.3 Å². The Kier molecular flexibility index (Phi) is 6.35. The first-order valence-electron chi connectivity index (χ1n) is 11.9. The number of aryl methyl sites for hydroxylation is 1. The molecule has 1 N–H and O–H groups in total. The van der Waals surface area contributed by atoms with E-state index in [1.807, 2.05) is 14.1 Å². The van der Waals surface area contributed by atoms with E-state index in [2.05, 4.69) is 41.2 Å².